The summed E-state index contributed by atoms with van der Waals surface area (Å²) in [5, 5.41) is 3.53. The van der Waals surface area contributed by atoms with Gasteiger partial charge in [0.1, 0.15) is 0 Å². The molecule has 3 rings (SSSR count). The van der Waals surface area contributed by atoms with Gasteiger partial charge in [0, 0.05) is 6.04 Å². The third-order valence-corrected chi connectivity index (χ3v) is 5.10. The lowest BCUT2D eigenvalue weighted by Crippen LogP contribution is -2.45. The molecule has 0 aromatic heterocycles. The number of rotatable bonds is 5. The first-order chi connectivity index (χ1) is 8.63. The topological polar surface area (TPSA) is 32.3 Å². The van der Waals surface area contributed by atoms with Crippen molar-refractivity contribution in [3.63, 3.8) is 0 Å². The highest BCUT2D eigenvalue weighted by Crippen LogP contribution is 2.48. The Morgan fingerprint density at radius 1 is 1.28 bits per heavy atom. The fourth-order valence-electron chi connectivity index (χ4n) is 3.53. The minimum atomic E-state index is 0.0602. The van der Waals surface area contributed by atoms with Crippen molar-refractivity contribution >= 4 is 5.91 Å². The third-order valence-electron chi connectivity index (χ3n) is 5.10. The molecule has 3 atom stereocenters. The van der Waals surface area contributed by atoms with Crippen LogP contribution < -0.4 is 5.32 Å². The summed E-state index contributed by atoms with van der Waals surface area (Å²) in [5.41, 5.74) is 0. The monoisotopic (exact) mass is 250 g/mol. The van der Waals surface area contributed by atoms with Crippen molar-refractivity contribution in [2.75, 3.05) is 0 Å². The molecule has 1 N–H and O–H groups in total. The van der Waals surface area contributed by atoms with Crippen molar-refractivity contribution < 1.29 is 4.79 Å². The van der Waals surface area contributed by atoms with E-state index in [4.69, 9.17) is 0 Å². The van der Waals surface area contributed by atoms with Crippen LogP contribution in [0.25, 0.3) is 0 Å². The molecule has 18 heavy (non-hydrogen) atoms. The fourth-order valence-corrected chi connectivity index (χ4v) is 3.53. The summed E-state index contributed by atoms with van der Waals surface area (Å²) in [5.74, 6) is 2.44. The van der Waals surface area contributed by atoms with Crippen LogP contribution in [0.5, 0.6) is 0 Å². The minimum Gasteiger partial charge on any atom is -0.323 e. The standard InChI is InChI=1S/C15H26N2O/c1-4-9(2)13-15(18)17(10(3)16-13)14(11-5-6-11)12-7-8-12/h9-14,16H,4-8H2,1-3H3. The van der Waals surface area contributed by atoms with Crippen LogP contribution in [0.15, 0.2) is 0 Å². The summed E-state index contributed by atoms with van der Waals surface area (Å²) in [4.78, 5) is 14.9. The van der Waals surface area contributed by atoms with Crippen molar-refractivity contribution in [1.29, 1.82) is 0 Å². The molecule has 0 aromatic carbocycles. The van der Waals surface area contributed by atoms with Crippen LogP contribution in [-0.4, -0.2) is 29.1 Å². The van der Waals surface area contributed by atoms with Gasteiger partial charge in [-0.25, -0.2) is 0 Å². The predicted molar refractivity (Wildman–Crippen MR) is 71.9 cm³/mol. The lowest BCUT2D eigenvalue weighted by atomic mass is 9.98. The van der Waals surface area contributed by atoms with Gasteiger partial charge < -0.3 is 4.90 Å². The van der Waals surface area contributed by atoms with E-state index < -0.39 is 0 Å². The molecule has 2 aliphatic carbocycles. The lowest BCUT2D eigenvalue weighted by molar-refractivity contribution is -0.133. The minimum absolute atomic E-state index is 0.0602. The zero-order valence-corrected chi connectivity index (χ0v) is 11.9. The van der Waals surface area contributed by atoms with Crippen LogP contribution >= 0.6 is 0 Å². The summed E-state index contributed by atoms with van der Waals surface area (Å²) in [6.07, 6.45) is 6.67. The van der Waals surface area contributed by atoms with Crippen LogP contribution in [0.4, 0.5) is 0 Å². The highest BCUT2D eigenvalue weighted by molar-refractivity contribution is 5.85. The molecule has 0 bridgehead atoms. The van der Waals surface area contributed by atoms with Gasteiger partial charge in [-0.3, -0.25) is 10.1 Å². The van der Waals surface area contributed by atoms with E-state index in [-0.39, 0.29) is 12.2 Å². The highest BCUT2D eigenvalue weighted by atomic mass is 16.2. The molecule has 3 unspecified atom stereocenters. The second kappa shape index (κ2) is 4.52. The van der Waals surface area contributed by atoms with Crippen molar-refractivity contribution in [3.05, 3.63) is 0 Å². The Kier molecular flexibility index (Phi) is 3.13. The Bertz CT molecular complexity index is 323. The Morgan fingerprint density at radius 2 is 1.83 bits per heavy atom. The van der Waals surface area contributed by atoms with Gasteiger partial charge in [-0.15, -0.1) is 0 Å². The van der Waals surface area contributed by atoms with E-state index >= 15 is 0 Å². The normalized spacial score (nSPS) is 34.4. The van der Waals surface area contributed by atoms with E-state index in [1.807, 2.05) is 0 Å². The maximum atomic E-state index is 12.7. The summed E-state index contributed by atoms with van der Waals surface area (Å²) in [6, 6.07) is 0.610. The lowest BCUT2D eigenvalue weighted by Gasteiger charge is -2.31. The number of hydrogen-bond acceptors (Lipinski definition) is 2. The molecule has 1 aliphatic heterocycles. The van der Waals surface area contributed by atoms with Crippen LogP contribution in [0, 0.1) is 17.8 Å². The molecule has 3 heteroatoms. The summed E-state index contributed by atoms with van der Waals surface area (Å²) < 4.78 is 0. The molecule has 1 heterocycles. The van der Waals surface area contributed by atoms with Crippen LogP contribution in [-0.2, 0) is 4.79 Å². The number of hydrogen-bond donors (Lipinski definition) is 1. The van der Waals surface area contributed by atoms with Gasteiger partial charge >= 0.3 is 0 Å². The van der Waals surface area contributed by atoms with Gasteiger partial charge in [0.15, 0.2) is 0 Å². The predicted octanol–water partition coefficient (Wildman–Crippen LogP) is 2.37. The number of amides is 1. The quantitative estimate of drug-likeness (QED) is 0.812. The van der Waals surface area contributed by atoms with Crippen LogP contribution in [0.3, 0.4) is 0 Å². The SMILES string of the molecule is CCC(C)C1NC(C)N(C(C2CC2)C2CC2)C1=O. The van der Waals surface area contributed by atoms with Crippen molar-refractivity contribution in [2.24, 2.45) is 17.8 Å². The van der Waals surface area contributed by atoms with Crippen molar-refractivity contribution in [3.8, 4) is 0 Å². The summed E-state index contributed by atoms with van der Waals surface area (Å²) in [6.45, 7) is 6.53. The number of nitrogens with zero attached hydrogens (tertiary/aromatic N) is 1. The molecular weight excluding hydrogens is 224 g/mol. The van der Waals surface area contributed by atoms with Crippen molar-refractivity contribution in [1.82, 2.24) is 10.2 Å². The second-order valence-electron chi connectivity index (χ2n) is 6.62. The maximum absolute atomic E-state index is 12.7. The van der Waals surface area contributed by atoms with Gasteiger partial charge in [-0.05, 0) is 50.4 Å². The average molecular weight is 250 g/mol. The number of nitrogens with one attached hydrogen (secondary N) is 1. The van der Waals surface area contributed by atoms with E-state index in [1.165, 1.54) is 25.7 Å². The van der Waals surface area contributed by atoms with E-state index in [1.54, 1.807) is 0 Å². The zero-order chi connectivity index (χ0) is 12.9. The van der Waals surface area contributed by atoms with E-state index in [0.717, 1.165) is 18.3 Å². The molecule has 0 aromatic rings. The molecule has 3 nitrogen and oxygen atoms in total. The van der Waals surface area contributed by atoms with Gasteiger partial charge in [-0.2, -0.15) is 0 Å². The zero-order valence-electron chi connectivity index (χ0n) is 11.9. The van der Waals surface area contributed by atoms with Crippen molar-refractivity contribution in [2.45, 2.75) is 71.1 Å². The van der Waals surface area contributed by atoms with Gasteiger partial charge in [-0.1, -0.05) is 20.3 Å². The molecular formula is C15H26N2O. The van der Waals surface area contributed by atoms with Gasteiger partial charge in [0.25, 0.3) is 0 Å². The van der Waals surface area contributed by atoms with Gasteiger partial charge in [0.2, 0.25) is 5.91 Å². The first-order valence-corrected chi connectivity index (χ1v) is 7.71. The maximum Gasteiger partial charge on any atom is 0.241 e. The molecule has 1 saturated heterocycles. The van der Waals surface area contributed by atoms with E-state index in [2.05, 4.69) is 31.0 Å². The highest BCUT2D eigenvalue weighted by Gasteiger charge is 2.51. The Hall–Kier alpha value is -0.570. The second-order valence-corrected chi connectivity index (χ2v) is 6.62. The Morgan fingerprint density at radius 3 is 2.28 bits per heavy atom. The Balaban J connectivity index is 1.76. The summed E-state index contributed by atoms with van der Waals surface area (Å²) >= 11 is 0. The fraction of sp³-hybridized carbons (Fsp3) is 0.933. The molecule has 2 saturated carbocycles. The van der Waals surface area contributed by atoms with E-state index in [9.17, 15) is 4.79 Å². The number of carbonyl (C=O) groups excluding carboxylic acids is 1. The molecule has 0 radical (unpaired) electrons. The molecule has 3 fully saturated rings. The smallest absolute Gasteiger partial charge is 0.241 e. The van der Waals surface area contributed by atoms with E-state index in [0.29, 0.717) is 17.9 Å². The van der Waals surface area contributed by atoms with Gasteiger partial charge in [0.05, 0.1) is 12.2 Å². The number of carbonyl (C=O) groups is 1. The third kappa shape index (κ3) is 2.07. The summed E-state index contributed by atoms with van der Waals surface area (Å²) in [7, 11) is 0. The first-order valence-electron chi connectivity index (χ1n) is 7.71. The first kappa shape index (κ1) is 12.5. The molecule has 102 valence electrons. The average Bonchev–Trinajstić information content (AvgIpc) is 3.24. The Labute approximate surface area is 110 Å². The van der Waals surface area contributed by atoms with Crippen LogP contribution in [0.2, 0.25) is 0 Å². The largest absolute Gasteiger partial charge is 0.323 e. The molecule has 1 amide bonds. The van der Waals surface area contributed by atoms with Crippen LogP contribution in [0.1, 0.15) is 52.9 Å². The molecule has 3 aliphatic rings. The molecule has 0 spiro atoms.